The number of fused-ring (bicyclic) bond motifs is 5. The molecule has 0 fully saturated rings. The summed E-state index contributed by atoms with van der Waals surface area (Å²) in [5, 5.41) is 9.39. The molecule has 164 valence electrons. The fourth-order valence-electron chi connectivity index (χ4n) is 5.32. The Bertz CT molecular complexity index is 1860. The summed E-state index contributed by atoms with van der Waals surface area (Å²) in [7, 11) is 0. The summed E-state index contributed by atoms with van der Waals surface area (Å²) in [4.78, 5) is 0. The van der Waals surface area contributed by atoms with Crippen LogP contribution in [0.4, 0.5) is 0 Å². The Morgan fingerprint density at radius 3 is 1.77 bits per heavy atom. The molecule has 0 spiro atoms. The first kappa shape index (κ1) is 19.8. The number of rotatable bonds is 3. The standard InChI is InChI=1S/C34H22O/c1-2-13-25(14-3-1)32-28-18-8-9-19-29(28)34(30-22-21-24-12-5-7-17-27(24)33(30)32)35-31-20-10-15-23-11-4-6-16-26(23)31/h1-22H. The first-order valence-corrected chi connectivity index (χ1v) is 12.0. The molecule has 35 heavy (non-hydrogen) atoms. The van der Waals surface area contributed by atoms with E-state index in [2.05, 4.69) is 133 Å². The van der Waals surface area contributed by atoms with Crippen LogP contribution in [0.3, 0.4) is 0 Å². The molecule has 7 aromatic rings. The Labute approximate surface area is 203 Å². The first-order chi connectivity index (χ1) is 17.4. The van der Waals surface area contributed by atoms with E-state index in [0.717, 1.165) is 27.7 Å². The maximum atomic E-state index is 6.86. The van der Waals surface area contributed by atoms with Gasteiger partial charge in [0.1, 0.15) is 11.5 Å². The molecule has 0 aliphatic carbocycles. The highest BCUT2D eigenvalue weighted by molar-refractivity contribution is 6.25. The number of ether oxygens (including phenoxy) is 1. The molecular formula is C34H22O. The van der Waals surface area contributed by atoms with Crippen molar-refractivity contribution >= 4 is 43.1 Å². The van der Waals surface area contributed by atoms with Crippen LogP contribution in [0.2, 0.25) is 0 Å². The SMILES string of the molecule is c1ccc(-c2c3ccccc3c(Oc3cccc4ccccc34)c3ccc4ccccc4c23)cc1. The van der Waals surface area contributed by atoms with Crippen LogP contribution in [0.1, 0.15) is 0 Å². The summed E-state index contributed by atoms with van der Waals surface area (Å²) in [5.41, 5.74) is 2.46. The van der Waals surface area contributed by atoms with Crippen LogP contribution in [0, 0.1) is 0 Å². The second-order valence-corrected chi connectivity index (χ2v) is 8.90. The summed E-state index contributed by atoms with van der Waals surface area (Å²) >= 11 is 0. The van der Waals surface area contributed by atoms with E-state index >= 15 is 0 Å². The average molecular weight is 447 g/mol. The zero-order valence-corrected chi connectivity index (χ0v) is 19.1. The van der Waals surface area contributed by atoms with Gasteiger partial charge in [0, 0.05) is 21.5 Å². The predicted molar refractivity (Wildman–Crippen MR) is 148 cm³/mol. The minimum Gasteiger partial charge on any atom is -0.455 e. The fraction of sp³-hybridized carbons (Fsp3) is 0. The van der Waals surface area contributed by atoms with Crippen LogP contribution in [-0.2, 0) is 0 Å². The Morgan fingerprint density at radius 2 is 0.971 bits per heavy atom. The maximum Gasteiger partial charge on any atom is 0.143 e. The Kier molecular flexibility index (Phi) is 4.53. The van der Waals surface area contributed by atoms with Gasteiger partial charge in [0.05, 0.1) is 0 Å². The second-order valence-electron chi connectivity index (χ2n) is 8.90. The number of hydrogen-bond acceptors (Lipinski definition) is 1. The van der Waals surface area contributed by atoms with Crippen LogP contribution in [0.25, 0.3) is 54.2 Å². The molecule has 0 radical (unpaired) electrons. The van der Waals surface area contributed by atoms with Crippen LogP contribution < -0.4 is 4.74 Å². The quantitative estimate of drug-likeness (QED) is 0.194. The van der Waals surface area contributed by atoms with Gasteiger partial charge in [-0.15, -0.1) is 0 Å². The smallest absolute Gasteiger partial charge is 0.143 e. The lowest BCUT2D eigenvalue weighted by Crippen LogP contribution is -1.93. The summed E-state index contributed by atoms with van der Waals surface area (Å²) in [6.07, 6.45) is 0. The first-order valence-electron chi connectivity index (χ1n) is 12.0. The van der Waals surface area contributed by atoms with Crippen LogP contribution in [-0.4, -0.2) is 0 Å². The largest absolute Gasteiger partial charge is 0.455 e. The average Bonchev–Trinajstić information content (AvgIpc) is 2.93. The van der Waals surface area contributed by atoms with Gasteiger partial charge >= 0.3 is 0 Å². The molecule has 0 aliphatic rings. The molecule has 0 aromatic heterocycles. The monoisotopic (exact) mass is 446 g/mol. The lowest BCUT2D eigenvalue weighted by atomic mass is 9.88. The van der Waals surface area contributed by atoms with Crippen LogP contribution >= 0.6 is 0 Å². The highest BCUT2D eigenvalue weighted by Crippen LogP contribution is 2.47. The van der Waals surface area contributed by atoms with Crippen molar-refractivity contribution in [3.63, 3.8) is 0 Å². The molecule has 7 rings (SSSR count). The molecule has 0 heterocycles. The molecule has 1 nitrogen and oxygen atoms in total. The van der Waals surface area contributed by atoms with Crippen molar-refractivity contribution in [3.8, 4) is 22.6 Å². The Balaban J connectivity index is 1.64. The normalized spacial score (nSPS) is 11.4. The zero-order valence-electron chi connectivity index (χ0n) is 19.1. The molecule has 0 atom stereocenters. The van der Waals surface area contributed by atoms with Crippen molar-refractivity contribution in [2.24, 2.45) is 0 Å². The van der Waals surface area contributed by atoms with Crippen LogP contribution in [0.15, 0.2) is 133 Å². The minimum absolute atomic E-state index is 0.871. The molecule has 7 aromatic carbocycles. The molecule has 0 unspecified atom stereocenters. The van der Waals surface area contributed by atoms with E-state index in [4.69, 9.17) is 4.74 Å². The molecule has 0 bridgehead atoms. The van der Waals surface area contributed by atoms with Crippen molar-refractivity contribution < 1.29 is 4.74 Å². The van der Waals surface area contributed by atoms with E-state index in [1.807, 2.05) is 0 Å². The highest BCUT2D eigenvalue weighted by atomic mass is 16.5. The maximum absolute atomic E-state index is 6.86. The van der Waals surface area contributed by atoms with Crippen molar-refractivity contribution in [2.75, 3.05) is 0 Å². The Hall–Kier alpha value is -4.62. The molecule has 0 amide bonds. The lowest BCUT2D eigenvalue weighted by molar-refractivity contribution is 0.499. The van der Waals surface area contributed by atoms with Gasteiger partial charge in [-0.1, -0.05) is 121 Å². The van der Waals surface area contributed by atoms with E-state index in [0.29, 0.717) is 0 Å². The summed E-state index contributed by atoms with van der Waals surface area (Å²) < 4.78 is 6.86. The third-order valence-corrected chi connectivity index (χ3v) is 6.89. The topological polar surface area (TPSA) is 9.23 Å². The van der Waals surface area contributed by atoms with Gasteiger partial charge in [0.2, 0.25) is 0 Å². The fourth-order valence-corrected chi connectivity index (χ4v) is 5.32. The summed E-state index contributed by atoms with van der Waals surface area (Å²) in [5.74, 6) is 1.77. The van der Waals surface area contributed by atoms with E-state index in [-0.39, 0.29) is 0 Å². The van der Waals surface area contributed by atoms with Crippen molar-refractivity contribution in [1.82, 2.24) is 0 Å². The van der Waals surface area contributed by atoms with Gasteiger partial charge in [-0.3, -0.25) is 0 Å². The molecule has 1 heteroatoms. The molecule has 0 N–H and O–H groups in total. The van der Waals surface area contributed by atoms with E-state index < -0.39 is 0 Å². The molecule has 0 saturated heterocycles. The van der Waals surface area contributed by atoms with Gasteiger partial charge in [-0.25, -0.2) is 0 Å². The van der Waals surface area contributed by atoms with Crippen LogP contribution in [0.5, 0.6) is 11.5 Å². The molecular weight excluding hydrogens is 424 g/mol. The summed E-state index contributed by atoms with van der Waals surface area (Å²) in [6.45, 7) is 0. The van der Waals surface area contributed by atoms with Gasteiger partial charge in [0.15, 0.2) is 0 Å². The van der Waals surface area contributed by atoms with Gasteiger partial charge in [0.25, 0.3) is 0 Å². The van der Waals surface area contributed by atoms with E-state index in [1.54, 1.807) is 0 Å². The Morgan fingerprint density at radius 1 is 0.371 bits per heavy atom. The second kappa shape index (κ2) is 8.00. The zero-order chi connectivity index (χ0) is 23.2. The lowest BCUT2D eigenvalue weighted by Gasteiger charge is -2.19. The van der Waals surface area contributed by atoms with Gasteiger partial charge < -0.3 is 4.74 Å². The van der Waals surface area contributed by atoms with E-state index in [9.17, 15) is 0 Å². The minimum atomic E-state index is 0.871. The van der Waals surface area contributed by atoms with Gasteiger partial charge in [-0.05, 0) is 44.8 Å². The molecule has 0 saturated carbocycles. The van der Waals surface area contributed by atoms with Crippen molar-refractivity contribution in [1.29, 1.82) is 0 Å². The highest BCUT2D eigenvalue weighted by Gasteiger charge is 2.19. The molecule has 0 aliphatic heterocycles. The van der Waals surface area contributed by atoms with E-state index in [1.165, 1.54) is 38.1 Å². The third kappa shape index (κ3) is 3.17. The third-order valence-electron chi connectivity index (χ3n) is 6.89. The number of benzene rings is 7. The van der Waals surface area contributed by atoms with Crippen molar-refractivity contribution in [3.05, 3.63) is 133 Å². The van der Waals surface area contributed by atoms with Gasteiger partial charge in [-0.2, -0.15) is 0 Å². The summed E-state index contributed by atoms with van der Waals surface area (Å²) in [6, 6.07) is 47.0. The van der Waals surface area contributed by atoms with Crippen molar-refractivity contribution in [2.45, 2.75) is 0 Å². The predicted octanol–water partition coefficient (Wildman–Crippen LogP) is 9.76. The number of hydrogen-bond donors (Lipinski definition) is 0.